The van der Waals surface area contributed by atoms with Crippen LogP contribution in [0.3, 0.4) is 0 Å². The molecule has 3 nitrogen and oxygen atoms in total. The second kappa shape index (κ2) is 5.92. The lowest BCUT2D eigenvalue weighted by Crippen LogP contribution is -2.32. The average molecular weight is 216 g/mol. The van der Waals surface area contributed by atoms with Crippen LogP contribution < -0.4 is 5.32 Å². The summed E-state index contributed by atoms with van der Waals surface area (Å²) in [5, 5.41) is 11.5. The van der Waals surface area contributed by atoms with Gasteiger partial charge in [-0.25, -0.2) is 0 Å². The number of hydrogen-bond donors (Lipinski definition) is 1. The minimum absolute atomic E-state index is 0.00972. The van der Waals surface area contributed by atoms with Crippen molar-refractivity contribution in [3.63, 3.8) is 0 Å². The monoisotopic (exact) mass is 216 g/mol. The number of benzene rings is 1. The smallest absolute Gasteiger partial charge is 0.237 e. The maximum absolute atomic E-state index is 11.6. The van der Waals surface area contributed by atoms with Crippen molar-refractivity contribution in [3.05, 3.63) is 35.9 Å². The van der Waals surface area contributed by atoms with E-state index in [-0.39, 0.29) is 11.9 Å². The Labute approximate surface area is 96.1 Å². The van der Waals surface area contributed by atoms with Gasteiger partial charge in [0.15, 0.2) is 0 Å². The third-order valence-electron chi connectivity index (χ3n) is 2.51. The van der Waals surface area contributed by atoms with E-state index in [1.807, 2.05) is 43.3 Å². The van der Waals surface area contributed by atoms with Crippen molar-refractivity contribution in [2.24, 2.45) is 5.92 Å². The first-order valence-corrected chi connectivity index (χ1v) is 5.44. The molecule has 1 aromatic carbocycles. The van der Waals surface area contributed by atoms with Crippen molar-refractivity contribution >= 4 is 5.91 Å². The van der Waals surface area contributed by atoms with Gasteiger partial charge in [0, 0.05) is 0 Å². The maximum atomic E-state index is 11.6. The molecular formula is C13H16N2O. The second-order valence-corrected chi connectivity index (χ2v) is 3.73. The highest BCUT2D eigenvalue weighted by molar-refractivity contribution is 5.81. The van der Waals surface area contributed by atoms with Crippen LogP contribution in [0.1, 0.15) is 31.9 Å². The molecule has 0 unspecified atom stereocenters. The number of rotatable bonds is 4. The van der Waals surface area contributed by atoms with Crippen LogP contribution in [0.4, 0.5) is 0 Å². The van der Waals surface area contributed by atoms with Crippen LogP contribution in [-0.4, -0.2) is 5.91 Å². The van der Waals surface area contributed by atoms with Gasteiger partial charge < -0.3 is 5.32 Å². The fraction of sp³-hybridized carbons (Fsp3) is 0.385. The Hall–Kier alpha value is -1.82. The number of amides is 1. The summed E-state index contributed by atoms with van der Waals surface area (Å²) in [6.07, 6.45) is 0.813. The molecule has 0 radical (unpaired) electrons. The zero-order valence-corrected chi connectivity index (χ0v) is 9.60. The third-order valence-corrected chi connectivity index (χ3v) is 2.51. The Morgan fingerprint density at radius 3 is 2.56 bits per heavy atom. The normalized spacial score (nSPS) is 13.6. The molecule has 0 aliphatic rings. The van der Waals surface area contributed by atoms with Gasteiger partial charge >= 0.3 is 0 Å². The van der Waals surface area contributed by atoms with Crippen molar-refractivity contribution in [2.75, 3.05) is 0 Å². The molecule has 0 saturated heterocycles. The second-order valence-electron chi connectivity index (χ2n) is 3.73. The number of nitrogens with one attached hydrogen (secondary N) is 1. The van der Waals surface area contributed by atoms with Gasteiger partial charge in [-0.3, -0.25) is 4.79 Å². The molecule has 0 spiro atoms. The van der Waals surface area contributed by atoms with Crippen LogP contribution >= 0.6 is 0 Å². The molecule has 16 heavy (non-hydrogen) atoms. The molecule has 0 fully saturated rings. The largest absolute Gasteiger partial charge is 0.348 e. The lowest BCUT2D eigenvalue weighted by atomic mass is 10.0. The van der Waals surface area contributed by atoms with Gasteiger partial charge in [0.05, 0.1) is 12.1 Å². The molecule has 0 bridgehead atoms. The summed E-state index contributed by atoms with van der Waals surface area (Å²) in [6, 6.07) is 11.7. The standard InChI is InChI=1S/C13H16N2O/c1-3-12(11-7-5-4-6-8-11)15-13(16)10(2)9-14/h4-8,10,12H,3H2,1-2H3,(H,15,16)/t10-,12+/m0/s1. The SMILES string of the molecule is CC[C@@H](NC(=O)[C@@H](C)C#N)c1ccccc1. The molecule has 1 rings (SSSR count). The van der Waals surface area contributed by atoms with E-state index in [1.54, 1.807) is 6.92 Å². The summed E-state index contributed by atoms with van der Waals surface area (Å²) in [5.74, 6) is -0.809. The van der Waals surface area contributed by atoms with Crippen molar-refractivity contribution < 1.29 is 4.79 Å². The molecule has 1 N–H and O–H groups in total. The highest BCUT2D eigenvalue weighted by Gasteiger charge is 2.16. The van der Waals surface area contributed by atoms with Gasteiger partial charge in [-0.05, 0) is 18.9 Å². The predicted molar refractivity (Wildman–Crippen MR) is 62.4 cm³/mol. The topological polar surface area (TPSA) is 52.9 Å². The van der Waals surface area contributed by atoms with Crippen molar-refractivity contribution in [3.8, 4) is 6.07 Å². The van der Waals surface area contributed by atoms with Gasteiger partial charge in [-0.15, -0.1) is 0 Å². The highest BCUT2D eigenvalue weighted by atomic mass is 16.1. The summed E-state index contributed by atoms with van der Waals surface area (Å²) in [5.41, 5.74) is 1.07. The van der Waals surface area contributed by atoms with E-state index in [0.29, 0.717) is 0 Å². The first-order valence-electron chi connectivity index (χ1n) is 5.44. The number of carbonyl (C=O) groups is 1. The van der Waals surface area contributed by atoms with Gasteiger partial charge in [-0.1, -0.05) is 37.3 Å². The van der Waals surface area contributed by atoms with Crippen LogP contribution in [0.5, 0.6) is 0 Å². The van der Waals surface area contributed by atoms with E-state index in [2.05, 4.69) is 5.32 Å². The summed E-state index contributed by atoms with van der Waals surface area (Å²) in [7, 11) is 0. The quantitative estimate of drug-likeness (QED) is 0.840. The molecule has 0 aromatic heterocycles. The maximum Gasteiger partial charge on any atom is 0.237 e. The lowest BCUT2D eigenvalue weighted by molar-refractivity contribution is -0.123. The van der Waals surface area contributed by atoms with Crippen LogP contribution in [-0.2, 0) is 4.79 Å². The van der Waals surface area contributed by atoms with E-state index in [0.717, 1.165) is 12.0 Å². The van der Waals surface area contributed by atoms with E-state index < -0.39 is 5.92 Å². The lowest BCUT2D eigenvalue weighted by Gasteiger charge is -2.18. The fourth-order valence-corrected chi connectivity index (χ4v) is 1.46. The Morgan fingerprint density at radius 1 is 1.44 bits per heavy atom. The highest BCUT2D eigenvalue weighted by Crippen LogP contribution is 2.16. The zero-order valence-electron chi connectivity index (χ0n) is 9.60. The molecule has 0 aliphatic heterocycles. The number of carbonyl (C=O) groups excluding carboxylic acids is 1. The molecule has 84 valence electrons. The number of nitriles is 1. The van der Waals surface area contributed by atoms with E-state index in [9.17, 15) is 4.79 Å². The first kappa shape index (κ1) is 12.3. The van der Waals surface area contributed by atoms with E-state index in [4.69, 9.17) is 5.26 Å². The van der Waals surface area contributed by atoms with E-state index in [1.165, 1.54) is 0 Å². The molecule has 2 atom stereocenters. The van der Waals surface area contributed by atoms with Gasteiger partial charge in [0.25, 0.3) is 0 Å². The van der Waals surface area contributed by atoms with Crippen LogP contribution in [0, 0.1) is 17.2 Å². The first-order chi connectivity index (χ1) is 7.69. The molecule has 1 aromatic rings. The molecular weight excluding hydrogens is 200 g/mol. The minimum Gasteiger partial charge on any atom is -0.348 e. The van der Waals surface area contributed by atoms with Crippen LogP contribution in [0.25, 0.3) is 0 Å². The summed E-state index contributed by atoms with van der Waals surface area (Å²) < 4.78 is 0. The fourth-order valence-electron chi connectivity index (χ4n) is 1.46. The Morgan fingerprint density at radius 2 is 2.06 bits per heavy atom. The predicted octanol–water partition coefficient (Wildman–Crippen LogP) is 2.41. The molecule has 3 heteroatoms. The van der Waals surface area contributed by atoms with Crippen LogP contribution in [0.15, 0.2) is 30.3 Å². The average Bonchev–Trinajstić information content (AvgIpc) is 2.35. The van der Waals surface area contributed by atoms with Crippen molar-refractivity contribution in [1.29, 1.82) is 5.26 Å². The molecule has 0 saturated carbocycles. The van der Waals surface area contributed by atoms with Crippen molar-refractivity contribution in [2.45, 2.75) is 26.3 Å². The van der Waals surface area contributed by atoms with Gasteiger partial charge in [-0.2, -0.15) is 5.26 Å². The number of hydrogen-bond acceptors (Lipinski definition) is 2. The third kappa shape index (κ3) is 3.09. The van der Waals surface area contributed by atoms with Gasteiger partial charge in [0.1, 0.15) is 5.92 Å². The minimum atomic E-state index is -0.599. The Kier molecular flexibility index (Phi) is 4.53. The molecule has 0 heterocycles. The van der Waals surface area contributed by atoms with E-state index >= 15 is 0 Å². The van der Waals surface area contributed by atoms with Crippen LogP contribution in [0.2, 0.25) is 0 Å². The number of nitrogens with zero attached hydrogens (tertiary/aromatic N) is 1. The Balaban J connectivity index is 2.71. The summed E-state index contributed by atoms with van der Waals surface area (Å²) in [4.78, 5) is 11.6. The summed E-state index contributed by atoms with van der Waals surface area (Å²) in [6.45, 7) is 3.61. The summed E-state index contributed by atoms with van der Waals surface area (Å²) >= 11 is 0. The van der Waals surface area contributed by atoms with Gasteiger partial charge in [0.2, 0.25) is 5.91 Å². The molecule has 0 aliphatic carbocycles. The zero-order chi connectivity index (χ0) is 12.0. The molecule has 1 amide bonds. The van der Waals surface area contributed by atoms with Crippen molar-refractivity contribution in [1.82, 2.24) is 5.32 Å². The Bertz CT molecular complexity index is 381.